The van der Waals surface area contributed by atoms with Crippen LogP contribution in [0.25, 0.3) is 0 Å². The van der Waals surface area contributed by atoms with Gasteiger partial charge in [-0.2, -0.15) is 0 Å². The van der Waals surface area contributed by atoms with Crippen LogP contribution >= 0.6 is 23.2 Å². The molecule has 2 N–H and O–H groups in total. The summed E-state index contributed by atoms with van der Waals surface area (Å²) in [5, 5.41) is 14.6. The quantitative estimate of drug-likeness (QED) is 0.867. The largest absolute Gasteiger partial charge is 0.392 e. The van der Waals surface area contributed by atoms with Crippen LogP contribution in [0.5, 0.6) is 0 Å². The smallest absolute Gasteiger partial charge is 0.230 e. The van der Waals surface area contributed by atoms with Crippen LogP contribution in [0, 0.1) is 5.41 Å². The molecule has 4 nitrogen and oxygen atoms in total. The molecule has 2 fully saturated rings. The van der Waals surface area contributed by atoms with Gasteiger partial charge in [-0.25, -0.2) is 0 Å². The number of hydrogen-bond acceptors (Lipinski definition) is 3. The zero-order chi connectivity index (χ0) is 15.7. The summed E-state index contributed by atoms with van der Waals surface area (Å²) in [5.74, 6) is -0.0156. The van der Waals surface area contributed by atoms with Crippen LogP contribution in [0.4, 0.5) is 0 Å². The second kappa shape index (κ2) is 6.36. The Morgan fingerprint density at radius 1 is 1.41 bits per heavy atom. The van der Waals surface area contributed by atoms with Gasteiger partial charge in [-0.05, 0) is 37.0 Å². The van der Waals surface area contributed by atoms with Crippen LogP contribution in [0.2, 0.25) is 10.0 Å². The highest BCUT2D eigenvalue weighted by Crippen LogP contribution is 2.38. The van der Waals surface area contributed by atoms with E-state index in [0.29, 0.717) is 36.1 Å². The molecule has 1 spiro atoms. The van der Waals surface area contributed by atoms with E-state index in [2.05, 4.69) is 10.2 Å². The summed E-state index contributed by atoms with van der Waals surface area (Å²) in [6.45, 7) is 2.70. The van der Waals surface area contributed by atoms with Crippen molar-refractivity contribution in [2.24, 2.45) is 5.41 Å². The molecule has 22 heavy (non-hydrogen) atoms. The number of halogens is 2. The zero-order valence-corrected chi connectivity index (χ0v) is 13.8. The van der Waals surface area contributed by atoms with Crippen molar-refractivity contribution in [3.05, 3.63) is 33.8 Å². The number of nitrogens with one attached hydrogen (secondary N) is 1. The fourth-order valence-corrected chi connectivity index (χ4v) is 4.02. The van der Waals surface area contributed by atoms with Crippen LogP contribution in [0.15, 0.2) is 18.2 Å². The number of rotatable bonds is 2. The van der Waals surface area contributed by atoms with Crippen molar-refractivity contribution < 1.29 is 9.90 Å². The first-order valence-electron chi connectivity index (χ1n) is 7.64. The van der Waals surface area contributed by atoms with E-state index in [1.54, 1.807) is 6.07 Å². The van der Waals surface area contributed by atoms with Crippen molar-refractivity contribution in [1.29, 1.82) is 0 Å². The Bertz CT molecular complexity index is 581. The minimum absolute atomic E-state index is 0.0156. The van der Waals surface area contributed by atoms with Crippen LogP contribution in [0.1, 0.15) is 24.8 Å². The highest BCUT2D eigenvalue weighted by atomic mass is 35.5. The number of nitrogens with zero attached hydrogens (tertiary/aromatic N) is 1. The average molecular weight is 343 g/mol. The summed E-state index contributed by atoms with van der Waals surface area (Å²) in [4.78, 5) is 14.6. The Kier molecular flexibility index (Phi) is 4.64. The van der Waals surface area contributed by atoms with Crippen molar-refractivity contribution in [3.63, 3.8) is 0 Å². The molecule has 2 aliphatic rings. The molecule has 2 atom stereocenters. The van der Waals surface area contributed by atoms with E-state index in [1.165, 1.54) is 0 Å². The third kappa shape index (κ3) is 2.98. The highest BCUT2D eigenvalue weighted by Gasteiger charge is 2.49. The molecule has 2 aliphatic heterocycles. The Balaban J connectivity index is 1.77. The topological polar surface area (TPSA) is 52.6 Å². The summed E-state index contributed by atoms with van der Waals surface area (Å²) >= 11 is 12.2. The van der Waals surface area contributed by atoms with E-state index in [1.807, 2.05) is 12.1 Å². The third-order valence-corrected chi connectivity index (χ3v) is 5.40. The van der Waals surface area contributed by atoms with E-state index in [0.717, 1.165) is 24.9 Å². The molecular weight excluding hydrogens is 323 g/mol. The lowest BCUT2D eigenvalue weighted by atomic mass is 9.71. The molecule has 2 saturated heterocycles. The maximum absolute atomic E-state index is 12.3. The molecule has 0 bridgehead atoms. The summed E-state index contributed by atoms with van der Waals surface area (Å²) in [6, 6.07) is 5.48. The summed E-state index contributed by atoms with van der Waals surface area (Å²) in [7, 11) is 0. The van der Waals surface area contributed by atoms with Crippen LogP contribution < -0.4 is 5.32 Å². The maximum atomic E-state index is 12.3. The van der Waals surface area contributed by atoms with Gasteiger partial charge in [-0.15, -0.1) is 0 Å². The summed E-state index contributed by atoms with van der Waals surface area (Å²) in [6.07, 6.45) is 1.70. The van der Waals surface area contributed by atoms with Crippen molar-refractivity contribution >= 4 is 29.1 Å². The van der Waals surface area contributed by atoms with E-state index >= 15 is 0 Å². The first kappa shape index (κ1) is 16.1. The predicted molar refractivity (Wildman–Crippen MR) is 87.0 cm³/mol. The number of carbonyl (C=O) groups is 1. The minimum Gasteiger partial charge on any atom is -0.392 e. The average Bonchev–Trinajstić information content (AvgIpc) is 2.49. The second-order valence-corrected chi connectivity index (χ2v) is 7.11. The Labute approximate surface area is 140 Å². The number of aliphatic hydroxyl groups excluding tert-OH is 1. The standard InChI is InChI=1S/C16H20Cl2N2O2/c17-12-3-2-11(13(18)8-12)9-20-7-4-14(21)16(10-20)5-1-6-19-15(16)22/h2-3,8,14,21H,1,4-7,9-10H2,(H,19,22)/t14-,16-/m1/s1. The highest BCUT2D eigenvalue weighted by molar-refractivity contribution is 6.35. The molecule has 6 heteroatoms. The van der Waals surface area contributed by atoms with Gasteiger partial charge in [0.25, 0.3) is 0 Å². The van der Waals surface area contributed by atoms with Gasteiger partial charge in [-0.1, -0.05) is 29.3 Å². The van der Waals surface area contributed by atoms with E-state index in [-0.39, 0.29) is 5.91 Å². The van der Waals surface area contributed by atoms with Gasteiger partial charge in [0.05, 0.1) is 11.5 Å². The van der Waals surface area contributed by atoms with Gasteiger partial charge >= 0.3 is 0 Å². The Morgan fingerprint density at radius 3 is 2.95 bits per heavy atom. The molecule has 1 aromatic carbocycles. The number of piperidine rings is 2. The lowest BCUT2D eigenvalue weighted by molar-refractivity contribution is -0.149. The number of benzene rings is 1. The van der Waals surface area contributed by atoms with E-state index in [9.17, 15) is 9.90 Å². The van der Waals surface area contributed by atoms with Crippen LogP contribution in [-0.2, 0) is 11.3 Å². The maximum Gasteiger partial charge on any atom is 0.230 e. The fourth-order valence-electron chi connectivity index (χ4n) is 3.55. The molecule has 3 rings (SSSR count). The molecule has 1 amide bonds. The van der Waals surface area contributed by atoms with Gasteiger partial charge in [0.2, 0.25) is 5.91 Å². The van der Waals surface area contributed by atoms with E-state index in [4.69, 9.17) is 23.2 Å². The van der Waals surface area contributed by atoms with Gasteiger partial charge in [0, 0.05) is 36.2 Å². The number of aliphatic hydroxyl groups is 1. The van der Waals surface area contributed by atoms with Gasteiger partial charge in [0.1, 0.15) is 0 Å². The second-order valence-electron chi connectivity index (χ2n) is 6.27. The molecule has 0 saturated carbocycles. The Hall–Kier alpha value is -0.810. The summed E-state index contributed by atoms with van der Waals surface area (Å²) in [5.41, 5.74) is 0.323. The molecule has 0 unspecified atom stereocenters. The normalized spacial score (nSPS) is 29.6. The summed E-state index contributed by atoms with van der Waals surface area (Å²) < 4.78 is 0. The number of likely N-dealkylation sites (tertiary alicyclic amines) is 1. The van der Waals surface area contributed by atoms with E-state index < -0.39 is 11.5 Å². The van der Waals surface area contributed by atoms with Gasteiger partial charge in [-0.3, -0.25) is 9.69 Å². The SMILES string of the molecule is O=C1NCCC[C@]12CN(Cc1ccc(Cl)cc1Cl)CC[C@H]2O. The lowest BCUT2D eigenvalue weighted by Crippen LogP contribution is -2.61. The van der Waals surface area contributed by atoms with Gasteiger partial charge in [0.15, 0.2) is 0 Å². The molecule has 120 valence electrons. The molecule has 1 aromatic rings. The van der Waals surface area contributed by atoms with Crippen molar-refractivity contribution in [2.75, 3.05) is 19.6 Å². The molecule has 0 aromatic heterocycles. The molecule has 0 aliphatic carbocycles. The fraction of sp³-hybridized carbons (Fsp3) is 0.562. The first-order chi connectivity index (χ1) is 10.5. The number of hydrogen-bond donors (Lipinski definition) is 2. The molecular formula is C16H20Cl2N2O2. The predicted octanol–water partition coefficient (Wildman–Crippen LogP) is 2.46. The lowest BCUT2D eigenvalue weighted by Gasteiger charge is -2.47. The first-order valence-corrected chi connectivity index (χ1v) is 8.39. The third-order valence-electron chi connectivity index (χ3n) is 4.81. The van der Waals surface area contributed by atoms with Crippen molar-refractivity contribution in [2.45, 2.75) is 31.9 Å². The minimum atomic E-state index is -0.671. The Morgan fingerprint density at radius 2 is 2.23 bits per heavy atom. The number of carbonyl (C=O) groups excluding carboxylic acids is 1. The van der Waals surface area contributed by atoms with Crippen molar-refractivity contribution in [1.82, 2.24) is 10.2 Å². The van der Waals surface area contributed by atoms with Crippen molar-refractivity contribution in [3.8, 4) is 0 Å². The zero-order valence-electron chi connectivity index (χ0n) is 12.3. The number of amides is 1. The monoisotopic (exact) mass is 342 g/mol. The van der Waals surface area contributed by atoms with Crippen LogP contribution in [-0.4, -0.2) is 41.7 Å². The van der Waals surface area contributed by atoms with Crippen LogP contribution in [0.3, 0.4) is 0 Å². The molecule has 0 radical (unpaired) electrons. The molecule has 2 heterocycles. The van der Waals surface area contributed by atoms with Gasteiger partial charge < -0.3 is 10.4 Å².